The van der Waals surface area contributed by atoms with Crippen LogP contribution in [0.15, 0.2) is 0 Å². The minimum absolute atomic E-state index is 0.748. The zero-order valence-corrected chi connectivity index (χ0v) is 10.3. The minimum Gasteiger partial charge on any atom is -0.348 e. The molecule has 0 bridgehead atoms. The van der Waals surface area contributed by atoms with Crippen LogP contribution in [0.3, 0.4) is 0 Å². The summed E-state index contributed by atoms with van der Waals surface area (Å²) in [6.07, 6.45) is 4.80. The molecule has 1 saturated carbocycles. The molecular weight excluding hydrogens is 206 g/mol. The molecule has 1 heterocycles. The second-order valence-corrected chi connectivity index (χ2v) is 5.30. The van der Waals surface area contributed by atoms with Crippen molar-refractivity contribution >= 4 is 16.5 Å². The molecule has 1 aliphatic rings. The SMILES string of the molecule is Cc1nc(N(C)C2CC2)sc1CCCN. The fraction of sp³-hybridized carbons (Fsp3) is 0.727. The van der Waals surface area contributed by atoms with Gasteiger partial charge in [-0.2, -0.15) is 0 Å². The van der Waals surface area contributed by atoms with Gasteiger partial charge in [0.2, 0.25) is 0 Å². The molecule has 84 valence electrons. The molecule has 2 N–H and O–H groups in total. The maximum Gasteiger partial charge on any atom is 0.185 e. The highest BCUT2D eigenvalue weighted by molar-refractivity contribution is 7.15. The molecule has 0 aliphatic heterocycles. The summed E-state index contributed by atoms with van der Waals surface area (Å²) >= 11 is 1.84. The zero-order chi connectivity index (χ0) is 10.8. The van der Waals surface area contributed by atoms with Gasteiger partial charge in [-0.05, 0) is 39.2 Å². The average molecular weight is 225 g/mol. The molecule has 0 spiro atoms. The Morgan fingerprint density at radius 1 is 1.53 bits per heavy atom. The van der Waals surface area contributed by atoms with E-state index in [0.29, 0.717) is 0 Å². The van der Waals surface area contributed by atoms with Gasteiger partial charge in [0.1, 0.15) is 0 Å². The van der Waals surface area contributed by atoms with Crippen molar-refractivity contribution < 1.29 is 0 Å². The van der Waals surface area contributed by atoms with Gasteiger partial charge in [-0.25, -0.2) is 4.98 Å². The Hall–Kier alpha value is -0.610. The monoisotopic (exact) mass is 225 g/mol. The summed E-state index contributed by atoms with van der Waals surface area (Å²) in [5.41, 5.74) is 6.72. The van der Waals surface area contributed by atoms with Crippen LogP contribution in [0.4, 0.5) is 5.13 Å². The van der Waals surface area contributed by atoms with Gasteiger partial charge in [-0.1, -0.05) is 0 Å². The Morgan fingerprint density at radius 3 is 2.87 bits per heavy atom. The number of rotatable bonds is 5. The molecule has 0 amide bonds. The van der Waals surface area contributed by atoms with Crippen molar-refractivity contribution in [2.45, 2.75) is 38.6 Å². The normalized spacial score (nSPS) is 15.7. The van der Waals surface area contributed by atoms with Crippen molar-refractivity contribution in [2.75, 3.05) is 18.5 Å². The molecule has 3 nitrogen and oxygen atoms in total. The van der Waals surface area contributed by atoms with E-state index in [1.54, 1.807) is 0 Å². The molecule has 1 fully saturated rings. The highest BCUT2D eigenvalue weighted by Gasteiger charge is 2.28. The van der Waals surface area contributed by atoms with Crippen LogP contribution in [0, 0.1) is 6.92 Å². The second-order valence-electron chi connectivity index (χ2n) is 4.24. The predicted octanol–water partition coefficient (Wildman–Crippen LogP) is 1.94. The van der Waals surface area contributed by atoms with E-state index < -0.39 is 0 Å². The van der Waals surface area contributed by atoms with Crippen molar-refractivity contribution in [3.63, 3.8) is 0 Å². The quantitative estimate of drug-likeness (QED) is 0.832. The summed E-state index contributed by atoms with van der Waals surface area (Å²) in [5, 5.41) is 1.18. The molecule has 0 aromatic carbocycles. The molecule has 2 rings (SSSR count). The smallest absolute Gasteiger partial charge is 0.185 e. The molecule has 4 heteroatoms. The van der Waals surface area contributed by atoms with Crippen LogP contribution in [-0.2, 0) is 6.42 Å². The maximum absolute atomic E-state index is 5.53. The standard InChI is InChI=1S/C11H19N3S/c1-8-10(4-3-7-12)15-11(13-8)14(2)9-5-6-9/h9H,3-7,12H2,1-2H3. The van der Waals surface area contributed by atoms with Gasteiger partial charge in [0.25, 0.3) is 0 Å². The van der Waals surface area contributed by atoms with Crippen LogP contribution < -0.4 is 10.6 Å². The highest BCUT2D eigenvalue weighted by atomic mass is 32.1. The summed E-state index contributed by atoms with van der Waals surface area (Å²) in [6.45, 7) is 2.87. The fourth-order valence-electron chi connectivity index (χ4n) is 1.68. The summed E-state index contributed by atoms with van der Waals surface area (Å²) in [5.74, 6) is 0. The van der Waals surface area contributed by atoms with Crippen LogP contribution in [0.2, 0.25) is 0 Å². The van der Waals surface area contributed by atoms with E-state index >= 15 is 0 Å². The lowest BCUT2D eigenvalue weighted by molar-refractivity contribution is 0.835. The van der Waals surface area contributed by atoms with Crippen LogP contribution in [0.5, 0.6) is 0 Å². The third-order valence-electron chi connectivity index (χ3n) is 2.89. The first-order valence-corrected chi connectivity index (χ1v) is 6.43. The molecule has 15 heavy (non-hydrogen) atoms. The molecule has 1 aliphatic carbocycles. The van der Waals surface area contributed by atoms with Gasteiger partial charge in [-0.15, -0.1) is 11.3 Å². The Bertz CT molecular complexity index is 331. The Kier molecular flexibility index (Phi) is 3.26. The van der Waals surface area contributed by atoms with Gasteiger partial charge < -0.3 is 10.6 Å². The zero-order valence-electron chi connectivity index (χ0n) is 9.49. The van der Waals surface area contributed by atoms with Crippen molar-refractivity contribution in [2.24, 2.45) is 5.73 Å². The molecule has 1 aromatic heterocycles. The topological polar surface area (TPSA) is 42.2 Å². The molecular formula is C11H19N3S. The van der Waals surface area contributed by atoms with Crippen molar-refractivity contribution in [3.05, 3.63) is 10.6 Å². The van der Waals surface area contributed by atoms with Gasteiger partial charge >= 0.3 is 0 Å². The Morgan fingerprint density at radius 2 is 2.27 bits per heavy atom. The summed E-state index contributed by atoms with van der Waals surface area (Å²) in [7, 11) is 2.16. The number of aryl methyl sites for hydroxylation is 2. The van der Waals surface area contributed by atoms with E-state index in [1.807, 2.05) is 11.3 Å². The number of thiazole rings is 1. The lowest BCUT2D eigenvalue weighted by atomic mass is 10.2. The molecule has 0 unspecified atom stereocenters. The Balaban J connectivity index is 2.05. The third kappa shape index (κ3) is 2.49. The summed E-state index contributed by atoms with van der Waals surface area (Å²) in [6, 6.07) is 0.748. The molecule has 0 saturated heterocycles. The van der Waals surface area contributed by atoms with E-state index in [0.717, 1.165) is 25.4 Å². The van der Waals surface area contributed by atoms with E-state index in [4.69, 9.17) is 5.73 Å². The molecule has 0 radical (unpaired) electrons. The predicted molar refractivity (Wildman–Crippen MR) is 65.7 cm³/mol. The number of anilines is 1. The third-order valence-corrected chi connectivity index (χ3v) is 4.19. The fourth-order valence-corrected chi connectivity index (χ4v) is 2.81. The van der Waals surface area contributed by atoms with E-state index in [9.17, 15) is 0 Å². The van der Waals surface area contributed by atoms with Crippen LogP contribution in [-0.4, -0.2) is 24.6 Å². The summed E-state index contributed by atoms with van der Waals surface area (Å²) < 4.78 is 0. The maximum atomic E-state index is 5.53. The van der Waals surface area contributed by atoms with Gasteiger partial charge in [0.15, 0.2) is 5.13 Å². The largest absolute Gasteiger partial charge is 0.348 e. The van der Waals surface area contributed by atoms with Gasteiger partial charge in [0, 0.05) is 18.0 Å². The van der Waals surface area contributed by atoms with Crippen LogP contribution in [0.1, 0.15) is 29.8 Å². The van der Waals surface area contributed by atoms with Crippen molar-refractivity contribution in [1.29, 1.82) is 0 Å². The van der Waals surface area contributed by atoms with E-state index in [2.05, 4.69) is 23.9 Å². The molecule has 1 aromatic rings. The van der Waals surface area contributed by atoms with Gasteiger partial charge in [0.05, 0.1) is 5.69 Å². The van der Waals surface area contributed by atoms with E-state index in [1.165, 1.54) is 28.5 Å². The minimum atomic E-state index is 0.748. The number of hydrogen-bond acceptors (Lipinski definition) is 4. The first-order valence-electron chi connectivity index (χ1n) is 5.61. The van der Waals surface area contributed by atoms with Crippen molar-refractivity contribution in [1.82, 2.24) is 4.98 Å². The van der Waals surface area contributed by atoms with Crippen LogP contribution in [0.25, 0.3) is 0 Å². The van der Waals surface area contributed by atoms with E-state index in [-0.39, 0.29) is 0 Å². The first-order chi connectivity index (χ1) is 7.22. The lowest BCUT2D eigenvalue weighted by Crippen LogP contribution is -2.18. The number of nitrogens with two attached hydrogens (primary N) is 1. The number of aromatic nitrogens is 1. The average Bonchev–Trinajstić information content (AvgIpc) is 3.00. The summed E-state index contributed by atoms with van der Waals surface area (Å²) in [4.78, 5) is 8.36. The highest BCUT2D eigenvalue weighted by Crippen LogP contribution is 2.34. The number of hydrogen-bond donors (Lipinski definition) is 1. The Labute approximate surface area is 95.3 Å². The number of nitrogens with zero attached hydrogens (tertiary/aromatic N) is 2. The lowest BCUT2D eigenvalue weighted by Gasteiger charge is -2.13. The van der Waals surface area contributed by atoms with Crippen LogP contribution >= 0.6 is 11.3 Å². The molecule has 0 atom stereocenters. The van der Waals surface area contributed by atoms with Gasteiger partial charge in [-0.3, -0.25) is 0 Å². The first kappa shape index (κ1) is 10.9. The second kappa shape index (κ2) is 4.49. The van der Waals surface area contributed by atoms with Crippen molar-refractivity contribution in [3.8, 4) is 0 Å².